The second-order valence-electron chi connectivity index (χ2n) is 4.15. The van der Waals surface area contributed by atoms with Crippen molar-refractivity contribution in [2.45, 2.75) is 6.61 Å². The molecular weight excluding hydrogens is 280 g/mol. The molecule has 0 fully saturated rings. The highest BCUT2D eigenvalue weighted by Crippen LogP contribution is 2.22. The molecule has 1 aromatic heterocycles. The lowest BCUT2D eigenvalue weighted by Crippen LogP contribution is -1.99. The van der Waals surface area contributed by atoms with Crippen LogP contribution >= 0.6 is 0 Å². The SMILES string of the molecule is O=C(O)/C=C/c1cc(F)ccc1OCc1cncc(F)c1. The Morgan fingerprint density at radius 2 is 2.05 bits per heavy atom. The number of benzene rings is 1. The Kier molecular flexibility index (Phi) is 4.61. The highest BCUT2D eigenvalue weighted by atomic mass is 19.1. The van der Waals surface area contributed by atoms with E-state index in [0.717, 1.165) is 18.3 Å². The van der Waals surface area contributed by atoms with E-state index in [1.807, 2.05) is 0 Å². The van der Waals surface area contributed by atoms with E-state index in [9.17, 15) is 13.6 Å². The number of hydrogen-bond donors (Lipinski definition) is 1. The summed E-state index contributed by atoms with van der Waals surface area (Å²) in [6.07, 6.45) is 4.62. The number of halogens is 2. The van der Waals surface area contributed by atoms with Gasteiger partial charge in [0, 0.05) is 23.4 Å². The average molecular weight is 291 g/mol. The molecule has 0 aliphatic rings. The first-order chi connectivity index (χ1) is 10.0. The Morgan fingerprint density at radius 1 is 1.24 bits per heavy atom. The van der Waals surface area contributed by atoms with Crippen LogP contribution in [-0.4, -0.2) is 16.1 Å². The molecule has 0 atom stereocenters. The number of aromatic nitrogens is 1. The number of nitrogens with zero attached hydrogens (tertiary/aromatic N) is 1. The van der Waals surface area contributed by atoms with Gasteiger partial charge in [-0.1, -0.05) is 0 Å². The van der Waals surface area contributed by atoms with Gasteiger partial charge >= 0.3 is 5.97 Å². The van der Waals surface area contributed by atoms with Crippen LogP contribution in [0.4, 0.5) is 8.78 Å². The van der Waals surface area contributed by atoms with Crippen LogP contribution in [-0.2, 0) is 11.4 Å². The third kappa shape index (κ3) is 4.38. The molecule has 0 amide bonds. The van der Waals surface area contributed by atoms with Crippen molar-refractivity contribution in [2.24, 2.45) is 0 Å². The van der Waals surface area contributed by atoms with Crippen molar-refractivity contribution in [3.05, 3.63) is 65.5 Å². The third-order valence-corrected chi connectivity index (χ3v) is 2.53. The number of carboxylic acids is 1. The molecule has 4 nitrogen and oxygen atoms in total. The molecule has 0 spiro atoms. The van der Waals surface area contributed by atoms with Crippen LogP contribution in [0.5, 0.6) is 5.75 Å². The lowest BCUT2D eigenvalue weighted by atomic mass is 10.2. The molecule has 108 valence electrons. The van der Waals surface area contributed by atoms with Gasteiger partial charge in [0.05, 0.1) is 6.20 Å². The van der Waals surface area contributed by atoms with Crippen molar-refractivity contribution >= 4 is 12.0 Å². The maximum absolute atomic E-state index is 13.2. The molecule has 0 radical (unpaired) electrons. The van der Waals surface area contributed by atoms with Crippen molar-refractivity contribution in [2.75, 3.05) is 0 Å². The fourth-order valence-corrected chi connectivity index (χ4v) is 1.64. The van der Waals surface area contributed by atoms with Crippen LogP contribution in [0.25, 0.3) is 6.08 Å². The molecule has 0 saturated carbocycles. The molecule has 1 aromatic carbocycles. The quantitative estimate of drug-likeness (QED) is 0.860. The van der Waals surface area contributed by atoms with Gasteiger partial charge in [-0.3, -0.25) is 4.98 Å². The summed E-state index contributed by atoms with van der Waals surface area (Å²) in [5.41, 5.74) is 0.786. The number of pyridine rings is 1. The zero-order chi connectivity index (χ0) is 15.2. The highest BCUT2D eigenvalue weighted by Gasteiger charge is 2.05. The lowest BCUT2D eigenvalue weighted by Gasteiger charge is -2.09. The standard InChI is InChI=1S/C15H11F2NO3/c16-12-2-3-14(11(6-12)1-4-15(19)20)21-9-10-5-13(17)8-18-7-10/h1-8H,9H2,(H,19,20)/b4-1+. The van der Waals surface area contributed by atoms with Crippen LogP contribution in [0.1, 0.15) is 11.1 Å². The minimum absolute atomic E-state index is 0.0320. The minimum atomic E-state index is -1.15. The maximum atomic E-state index is 13.2. The van der Waals surface area contributed by atoms with Crippen molar-refractivity contribution < 1.29 is 23.4 Å². The highest BCUT2D eigenvalue weighted by molar-refractivity contribution is 5.85. The molecule has 6 heteroatoms. The molecule has 0 unspecified atom stereocenters. The van der Waals surface area contributed by atoms with E-state index < -0.39 is 17.6 Å². The van der Waals surface area contributed by atoms with Crippen LogP contribution < -0.4 is 4.74 Å². The van der Waals surface area contributed by atoms with E-state index in [1.165, 1.54) is 30.5 Å². The van der Waals surface area contributed by atoms with Crippen molar-refractivity contribution in [1.29, 1.82) is 0 Å². The summed E-state index contributed by atoms with van der Waals surface area (Å²) in [6.45, 7) is 0.0320. The molecule has 1 N–H and O–H groups in total. The fraction of sp³-hybridized carbons (Fsp3) is 0.0667. The van der Waals surface area contributed by atoms with Gasteiger partial charge in [-0.25, -0.2) is 13.6 Å². The van der Waals surface area contributed by atoms with E-state index in [2.05, 4.69) is 4.98 Å². The molecule has 21 heavy (non-hydrogen) atoms. The van der Waals surface area contributed by atoms with Crippen molar-refractivity contribution in [3.63, 3.8) is 0 Å². The topological polar surface area (TPSA) is 59.4 Å². The van der Waals surface area contributed by atoms with Crippen molar-refractivity contribution in [1.82, 2.24) is 4.98 Å². The van der Waals surface area contributed by atoms with Gasteiger partial charge < -0.3 is 9.84 Å². The molecule has 0 saturated heterocycles. The molecular formula is C15H11F2NO3. The van der Waals surface area contributed by atoms with Crippen LogP contribution in [0.2, 0.25) is 0 Å². The summed E-state index contributed by atoms with van der Waals surface area (Å²) in [4.78, 5) is 14.2. The largest absolute Gasteiger partial charge is 0.488 e. The number of rotatable bonds is 5. The predicted octanol–water partition coefficient (Wildman–Crippen LogP) is 3.04. The number of ether oxygens (including phenoxy) is 1. The van der Waals surface area contributed by atoms with Gasteiger partial charge in [0.15, 0.2) is 0 Å². The summed E-state index contributed by atoms with van der Waals surface area (Å²) in [5, 5.41) is 8.60. The predicted molar refractivity (Wildman–Crippen MR) is 71.6 cm³/mol. The summed E-state index contributed by atoms with van der Waals surface area (Å²) in [5.74, 6) is -1.86. The molecule has 2 rings (SSSR count). The second-order valence-corrected chi connectivity index (χ2v) is 4.15. The Labute approximate surface area is 119 Å². The normalized spacial score (nSPS) is 10.8. The summed E-state index contributed by atoms with van der Waals surface area (Å²) in [6, 6.07) is 4.99. The second kappa shape index (κ2) is 6.60. The van der Waals surface area contributed by atoms with Gasteiger partial charge in [0.2, 0.25) is 0 Å². The first kappa shape index (κ1) is 14.6. The maximum Gasteiger partial charge on any atom is 0.328 e. The molecule has 0 aliphatic heterocycles. The van der Waals surface area contributed by atoms with E-state index in [-0.39, 0.29) is 17.9 Å². The lowest BCUT2D eigenvalue weighted by molar-refractivity contribution is -0.131. The van der Waals surface area contributed by atoms with Gasteiger partial charge in [-0.05, 0) is 30.3 Å². The Morgan fingerprint density at radius 3 is 2.76 bits per heavy atom. The molecule has 2 aromatic rings. The summed E-state index contributed by atoms with van der Waals surface area (Å²) in [7, 11) is 0. The van der Waals surface area contributed by atoms with Crippen LogP contribution in [0.3, 0.4) is 0 Å². The minimum Gasteiger partial charge on any atom is -0.488 e. The number of carbonyl (C=O) groups is 1. The van der Waals surface area contributed by atoms with E-state index in [1.54, 1.807) is 0 Å². The number of carboxylic acid groups (broad SMARTS) is 1. The van der Waals surface area contributed by atoms with Gasteiger partial charge in [-0.15, -0.1) is 0 Å². The van der Waals surface area contributed by atoms with Gasteiger partial charge in [0.25, 0.3) is 0 Å². The van der Waals surface area contributed by atoms with Crippen LogP contribution in [0, 0.1) is 11.6 Å². The first-order valence-corrected chi connectivity index (χ1v) is 5.97. The molecule has 0 bridgehead atoms. The smallest absolute Gasteiger partial charge is 0.328 e. The molecule has 0 aliphatic carbocycles. The average Bonchev–Trinajstić information content (AvgIpc) is 2.44. The number of aliphatic carboxylic acids is 1. The molecule has 1 heterocycles. The van der Waals surface area contributed by atoms with E-state index >= 15 is 0 Å². The van der Waals surface area contributed by atoms with E-state index in [0.29, 0.717) is 5.56 Å². The van der Waals surface area contributed by atoms with Crippen molar-refractivity contribution in [3.8, 4) is 5.75 Å². The van der Waals surface area contributed by atoms with Gasteiger partial charge in [0.1, 0.15) is 24.0 Å². The summed E-state index contributed by atoms with van der Waals surface area (Å²) < 4.78 is 31.6. The number of hydrogen-bond acceptors (Lipinski definition) is 3. The van der Waals surface area contributed by atoms with Crippen LogP contribution in [0.15, 0.2) is 42.7 Å². The first-order valence-electron chi connectivity index (χ1n) is 5.97. The van der Waals surface area contributed by atoms with Gasteiger partial charge in [-0.2, -0.15) is 0 Å². The Hall–Kier alpha value is -2.76. The zero-order valence-electron chi connectivity index (χ0n) is 10.8. The Bertz CT molecular complexity index is 686. The third-order valence-electron chi connectivity index (χ3n) is 2.53. The monoisotopic (exact) mass is 291 g/mol. The van der Waals surface area contributed by atoms with E-state index in [4.69, 9.17) is 9.84 Å². The summed E-state index contributed by atoms with van der Waals surface area (Å²) >= 11 is 0. The zero-order valence-corrected chi connectivity index (χ0v) is 10.8. The fourth-order valence-electron chi connectivity index (χ4n) is 1.64. The Balaban J connectivity index is 2.17.